The van der Waals surface area contributed by atoms with Crippen molar-refractivity contribution in [1.82, 2.24) is 9.97 Å². The first kappa shape index (κ1) is 20.8. The predicted octanol–water partition coefficient (Wildman–Crippen LogP) is 4.82. The van der Waals surface area contributed by atoms with Gasteiger partial charge >= 0.3 is 7.12 Å². The Bertz CT molecular complexity index is 1310. The third kappa shape index (κ3) is 4.60. The van der Waals surface area contributed by atoms with E-state index in [9.17, 15) is 10.0 Å². The summed E-state index contributed by atoms with van der Waals surface area (Å²) < 4.78 is 0. The van der Waals surface area contributed by atoms with E-state index in [-0.39, 0.29) is 0 Å². The van der Waals surface area contributed by atoms with E-state index in [2.05, 4.69) is 18.2 Å². The van der Waals surface area contributed by atoms with Crippen molar-refractivity contribution in [3.8, 4) is 45.0 Å². The van der Waals surface area contributed by atoms with Crippen LogP contribution in [0.1, 0.15) is 0 Å². The number of benzene rings is 4. The third-order valence-corrected chi connectivity index (χ3v) is 5.53. The average Bonchev–Trinajstić information content (AvgIpc) is 2.89. The minimum Gasteiger partial charge on any atom is -0.423 e. The normalized spacial score (nSPS) is 10.7. The van der Waals surface area contributed by atoms with Crippen LogP contribution in [-0.2, 0) is 0 Å². The summed E-state index contributed by atoms with van der Waals surface area (Å²) in [6.07, 6.45) is 0. The quantitative estimate of drug-likeness (QED) is 0.394. The second-order valence-corrected chi connectivity index (χ2v) is 7.77. The van der Waals surface area contributed by atoms with E-state index in [4.69, 9.17) is 9.97 Å². The van der Waals surface area contributed by atoms with Gasteiger partial charge in [0.2, 0.25) is 0 Å². The van der Waals surface area contributed by atoms with Crippen LogP contribution in [0.4, 0.5) is 0 Å². The van der Waals surface area contributed by atoms with Gasteiger partial charge in [0.1, 0.15) is 0 Å². The van der Waals surface area contributed by atoms with Gasteiger partial charge in [-0.2, -0.15) is 0 Å². The first-order chi connectivity index (χ1) is 16.2. The minimum atomic E-state index is -1.47. The van der Waals surface area contributed by atoms with Crippen LogP contribution in [0.2, 0.25) is 0 Å². The molecule has 2 N–H and O–H groups in total. The first-order valence-electron chi connectivity index (χ1n) is 10.7. The standard InChI is InChI=1S/C28H21BN2O2/c32-29(33)25-16-14-20(15-17-25)23-12-7-13-24(18-23)27-19-26(21-8-3-1-4-9-21)30-28(31-27)22-10-5-2-6-11-22/h1-19,32-33H. The molecule has 1 heterocycles. The SMILES string of the molecule is OB(O)c1ccc(-c2cccc(-c3cc(-c4ccccc4)nc(-c4ccccc4)n3)c2)cc1. The summed E-state index contributed by atoms with van der Waals surface area (Å²) in [5, 5.41) is 18.7. The lowest BCUT2D eigenvalue weighted by Crippen LogP contribution is -2.29. The van der Waals surface area contributed by atoms with Crippen LogP contribution in [0.3, 0.4) is 0 Å². The van der Waals surface area contributed by atoms with Gasteiger partial charge in [0.25, 0.3) is 0 Å². The molecule has 0 fully saturated rings. The van der Waals surface area contributed by atoms with Crippen molar-refractivity contribution in [2.24, 2.45) is 0 Å². The largest absolute Gasteiger partial charge is 0.488 e. The van der Waals surface area contributed by atoms with Gasteiger partial charge in [0.15, 0.2) is 5.82 Å². The third-order valence-electron chi connectivity index (χ3n) is 5.53. The zero-order valence-electron chi connectivity index (χ0n) is 17.8. The van der Waals surface area contributed by atoms with Gasteiger partial charge < -0.3 is 10.0 Å². The van der Waals surface area contributed by atoms with Crippen molar-refractivity contribution < 1.29 is 10.0 Å². The lowest BCUT2D eigenvalue weighted by atomic mass is 9.80. The van der Waals surface area contributed by atoms with Crippen LogP contribution >= 0.6 is 0 Å². The summed E-state index contributed by atoms with van der Waals surface area (Å²) in [4.78, 5) is 9.74. The van der Waals surface area contributed by atoms with Crippen molar-refractivity contribution in [2.75, 3.05) is 0 Å². The molecule has 0 aliphatic carbocycles. The molecule has 4 nitrogen and oxygen atoms in total. The van der Waals surface area contributed by atoms with Gasteiger partial charge in [0.05, 0.1) is 11.4 Å². The molecule has 0 aliphatic rings. The molecule has 0 spiro atoms. The Balaban J connectivity index is 1.61. The van der Waals surface area contributed by atoms with E-state index in [1.807, 2.05) is 84.9 Å². The summed E-state index contributed by atoms with van der Waals surface area (Å²) in [6, 6.07) is 37.5. The molecule has 0 radical (unpaired) electrons. The Morgan fingerprint density at radius 2 is 1.00 bits per heavy atom. The molecule has 0 amide bonds. The van der Waals surface area contributed by atoms with E-state index in [0.29, 0.717) is 11.3 Å². The molecule has 4 aromatic carbocycles. The molecule has 5 aromatic rings. The summed E-state index contributed by atoms with van der Waals surface area (Å²) in [7, 11) is -1.47. The Hall–Kier alpha value is -4.06. The molecule has 158 valence electrons. The van der Waals surface area contributed by atoms with Crippen LogP contribution in [0.5, 0.6) is 0 Å². The highest BCUT2D eigenvalue weighted by Gasteiger charge is 2.12. The van der Waals surface area contributed by atoms with Crippen LogP contribution in [0.25, 0.3) is 45.0 Å². The Morgan fingerprint density at radius 1 is 0.455 bits per heavy atom. The van der Waals surface area contributed by atoms with Crippen LogP contribution in [0.15, 0.2) is 115 Å². The number of hydrogen-bond donors (Lipinski definition) is 2. The summed E-state index contributed by atoms with van der Waals surface area (Å²) in [5.41, 5.74) is 7.16. The molecule has 0 aliphatic heterocycles. The van der Waals surface area contributed by atoms with E-state index in [0.717, 1.165) is 39.2 Å². The highest BCUT2D eigenvalue weighted by molar-refractivity contribution is 6.58. The molecule has 0 saturated heterocycles. The maximum atomic E-state index is 9.36. The fourth-order valence-electron chi connectivity index (χ4n) is 3.77. The Kier molecular flexibility index (Phi) is 5.81. The second-order valence-electron chi connectivity index (χ2n) is 7.77. The molecule has 5 heteroatoms. The summed E-state index contributed by atoms with van der Waals surface area (Å²) in [5.74, 6) is 0.679. The Morgan fingerprint density at radius 3 is 1.64 bits per heavy atom. The van der Waals surface area contributed by atoms with Crippen LogP contribution in [-0.4, -0.2) is 27.1 Å². The molecule has 1 aromatic heterocycles. The van der Waals surface area contributed by atoms with Gasteiger partial charge in [-0.1, -0.05) is 103 Å². The maximum absolute atomic E-state index is 9.36. The zero-order chi connectivity index (χ0) is 22.6. The van der Waals surface area contributed by atoms with Crippen molar-refractivity contribution in [3.63, 3.8) is 0 Å². The van der Waals surface area contributed by atoms with E-state index >= 15 is 0 Å². The predicted molar refractivity (Wildman–Crippen MR) is 134 cm³/mol. The van der Waals surface area contributed by atoms with E-state index in [1.54, 1.807) is 12.1 Å². The second kappa shape index (κ2) is 9.21. The molecular weight excluding hydrogens is 407 g/mol. The molecule has 5 rings (SSSR count). The maximum Gasteiger partial charge on any atom is 0.488 e. The molecule has 0 atom stereocenters. The number of aromatic nitrogens is 2. The highest BCUT2D eigenvalue weighted by atomic mass is 16.4. The lowest BCUT2D eigenvalue weighted by molar-refractivity contribution is 0.426. The summed E-state index contributed by atoms with van der Waals surface area (Å²) in [6.45, 7) is 0. The number of hydrogen-bond acceptors (Lipinski definition) is 4. The van der Waals surface area contributed by atoms with Crippen molar-refractivity contribution >= 4 is 12.6 Å². The molecule has 0 saturated carbocycles. The fraction of sp³-hybridized carbons (Fsp3) is 0. The van der Waals surface area contributed by atoms with Crippen molar-refractivity contribution in [1.29, 1.82) is 0 Å². The summed E-state index contributed by atoms with van der Waals surface area (Å²) >= 11 is 0. The van der Waals surface area contributed by atoms with Gasteiger partial charge in [-0.25, -0.2) is 9.97 Å². The highest BCUT2D eigenvalue weighted by Crippen LogP contribution is 2.30. The molecule has 33 heavy (non-hydrogen) atoms. The van der Waals surface area contributed by atoms with Gasteiger partial charge in [0, 0.05) is 16.7 Å². The molecule has 0 bridgehead atoms. The monoisotopic (exact) mass is 428 g/mol. The topological polar surface area (TPSA) is 66.2 Å². The fourth-order valence-corrected chi connectivity index (χ4v) is 3.77. The smallest absolute Gasteiger partial charge is 0.423 e. The lowest BCUT2D eigenvalue weighted by Gasteiger charge is -2.11. The van der Waals surface area contributed by atoms with E-state index < -0.39 is 7.12 Å². The van der Waals surface area contributed by atoms with Gasteiger partial charge in [-0.15, -0.1) is 0 Å². The van der Waals surface area contributed by atoms with Gasteiger partial charge in [-0.3, -0.25) is 0 Å². The number of nitrogens with zero attached hydrogens (tertiary/aromatic N) is 2. The zero-order valence-corrected chi connectivity index (χ0v) is 17.8. The molecular formula is C28H21BN2O2. The Labute approximate surface area is 193 Å². The number of rotatable bonds is 5. The van der Waals surface area contributed by atoms with E-state index in [1.165, 1.54) is 0 Å². The minimum absolute atomic E-state index is 0.464. The van der Waals surface area contributed by atoms with Crippen molar-refractivity contribution in [2.45, 2.75) is 0 Å². The van der Waals surface area contributed by atoms with Gasteiger partial charge in [-0.05, 0) is 28.7 Å². The average molecular weight is 428 g/mol. The van der Waals surface area contributed by atoms with Crippen molar-refractivity contribution in [3.05, 3.63) is 115 Å². The first-order valence-corrected chi connectivity index (χ1v) is 10.7. The molecule has 0 unspecified atom stereocenters. The van der Waals surface area contributed by atoms with Crippen LogP contribution < -0.4 is 5.46 Å². The van der Waals surface area contributed by atoms with Crippen LogP contribution in [0, 0.1) is 0 Å².